The lowest BCUT2D eigenvalue weighted by molar-refractivity contribution is 0.729. The smallest absolute Gasteiger partial charge is 0.252 e. The molecule has 14 heavy (non-hydrogen) atoms. The molecule has 0 saturated heterocycles. The number of nitrogens with zero attached hydrogens (tertiary/aromatic N) is 2. The van der Waals surface area contributed by atoms with Crippen LogP contribution in [0.5, 0.6) is 0 Å². The molecule has 4 heteroatoms. The Balaban J connectivity index is 2.12. The van der Waals surface area contributed by atoms with Crippen molar-refractivity contribution in [3.63, 3.8) is 0 Å². The van der Waals surface area contributed by atoms with Crippen LogP contribution in [0.3, 0.4) is 0 Å². The molecule has 1 fully saturated rings. The van der Waals surface area contributed by atoms with Gasteiger partial charge in [-0.05, 0) is 25.7 Å². The number of hydrogen-bond acceptors (Lipinski definition) is 3. The van der Waals surface area contributed by atoms with Crippen molar-refractivity contribution in [2.24, 2.45) is 5.92 Å². The first-order chi connectivity index (χ1) is 6.79. The molecule has 1 saturated carbocycles. The predicted octanol–water partition coefficient (Wildman–Crippen LogP) is 1.01. The van der Waals surface area contributed by atoms with Crippen LogP contribution < -0.4 is 10.5 Å². The van der Waals surface area contributed by atoms with Crippen LogP contribution in [0, 0.1) is 5.92 Å². The quantitative estimate of drug-likeness (QED) is 0.776. The number of anilines is 1. The fourth-order valence-corrected chi connectivity index (χ4v) is 1.53. The van der Waals surface area contributed by atoms with Crippen molar-refractivity contribution in [3.8, 4) is 0 Å². The highest BCUT2D eigenvalue weighted by Gasteiger charge is 2.24. The molecule has 0 aliphatic heterocycles. The van der Waals surface area contributed by atoms with Crippen molar-refractivity contribution in [1.82, 2.24) is 9.97 Å². The Hall–Kier alpha value is -1.32. The largest absolute Gasteiger partial charge is 0.356 e. The summed E-state index contributed by atoms with van der Waals surface area (Å²) in [6.45, 7) is 4.03. The molecule has 0 atom stereocenters. The van der Waals surface area contributed by atoms with Gasteiger partial charge in [0.25, 0.3) is 5.56 Å². The summed E-state index contributed by atoms with van der Waals surface area (Å²) >= 11 is 0. The van der Waals surface area contributed by atoms with E-state index in [1.54, 1.807) is 6.07 Å². The molecule has 1 aromatic heterocycles. The standard InChI is InChI=1S/C10H15N3O/c1-2-13(6-8-3-4-8)9-5-10(14)12-7-11-9/h5,7-8H,2-4,6H2,1H3,(H,11,12,14). The molecule has 1 aliphatic carbocycles. The van der Waals surface area contributed by atoms with Gasteiger partial charge in [-0.2, -0.15) is 0 Å². The van der Waals surface area contributed by atoms with E-state index in [4.69, 9.17) is 0 Å². The lowest BCUT2D eigenvalue weighted by Crippen LogP contribution is -2.27. The average molecular weight is 193 g/mol. The van der Waals surface area contributed by atoms with Gasteiger partial charge < -0.3 is 9.88 Å². The Labute approximate surface area is 83.0 Å². The normalized spacial score (nSPS) is 15.5. The second-order valence-corrected chi connectivity index (χ2v) is 3.75. The molecule has 0 amide bonds. The molecule has 0 radical (unpaired) electrons. The Morgan fingerprint density at radius 2 is 2.43 bits per heavy atom. The fraction of sp³-hybridized carbons (Fsp3) is 0.600. The van der Waals surface area contributed by atoms with Crippen LogP contribution in [0.2, 0.25) is 0 Å². The zero-order valence-corrected chi connectivity index (χ0v) is 8.36. The van der Waals surface area contributed by atoms with Crippen molar-refractivity contribution >= 4 is 5.82 Å². The summed E-state index contributed by atoms with van der Waals surface area (Å²) in [6, 6.07) is 1.56. The predicted molar refractivity (Wildman–Crippen MR) is 55.5 cm³/mol. The third-order valence-corrected chi connectivity index (χ3v) is 2.55. The SMILES string of the molecule is CCN(CC1CC1)c1cc(=O)[nH]cn1. The molecule has 4 nitrogen and oxygen atoms in total. The van der Waals surface area contributed by atoms with Gasteiger partial charge in [-0.1, -0.05) is 0 Å². The third-order valence-electron chi connectivity index (χ3n) is 2.55. The van der Waals surface area contributed by atoms with E-state index in [9.17, 15) is 4.79 Å². The Bertz CT molecular complexity index is 356. The van der Waals surface area contributed by atoms with E-state index in [1.165, 1.54) is 19.2 Å². The van der Waals surface area contributed by atoms with Gasteiger partial charge in [-0.25, -0.2) is 4.98 Å². The zero-order valence-electron chi connectivity index (χ0n) is 8.36. The molecule has 1 aromatic rings. The molecule has 0 spiro atoms. The van der Waals surface area contributed by atoms with E-state index in [2.05, 4.69) is 21.8 Å². The molecule has 0 bridgehead atoms. The molecule has 1 aliphatic rings. The van der Waals surface area contributed by atoms with Crippen LogP contribution in [0.15, 0.2) is 17.2 Å². The Morgan fingerprint density at radius 1 is 1.64 bits per heavy atom. The second-order valence-electron chi connectivity index (χ2n) is 3.75. The van der Waals surface area contributed by atoms with Crippen LogP contribution in [-0.2, 0) is 0 Å². The minimum atomic E-state index is -0.0794. The van der Waals surface area contributed by atoms with Crippen molar-refractivity contribution in [3.05, 3.63) is 22.7 Å². The number of hydrogen-bond donors (Lipinski definition) is 1. The van der Waals surface area contributed by atoms with Gasteiger partial charge in [0.1, 0.15) is 5.82 Å². The monoisotopic (exact) mass is 193 g/mol. The maximum Gasteiger partial charge on any atom is 0.252 e. The molecule has 0 aromatic carbocycles. The maximum absolute atomic E-state index is 11.1. The van der Waals surface area contributed by atoms with E-state index in [0.717, 1.165) is 24.8 Å². The average Bonchev–Trinajstić information content (AvgIpc) is 2.98. The summed E-state index contributed by atoms with van der Waals surface area (Å²) in [6.07, 6.45) is 4.10. The number of H-pyrrole nitrogens is 1. The van der Waals surface area contributed by atoms with Gasteiger partial charge in [-0.3, -0.25) is 4.79 Å². The van der Waals surface area contributed by atoms with Crippen LogP contribution in [0.4, 0.5) is 5.82 Å². The molecule has 1 N–H and O–H groups in total. The van der Waals surface area contributed by atoms with Crippen molar-refractivity contribution in [1.29, 1.82) is 0 Å². The van der Waals surface area contributed by atoms with Gasteiger partial charge in [0.15, 0.2) is 0 Å². The minimum Gasteiger partial charge on any atom is -0.356 e. The minimum absolute atomic E-state index is 0.0794. The summed E-state index contributed by atoms with van der Waals surface area (Å²) in [5.41, 5.74) is -0.0794. The number of aromatic nitrogens is 2. The zero-order chi connectivity index (χ0) is 9.97. The van der Waals surface area contributed by atoms with E-state index >= 15 is 0 Å². The topological polar surface area (TPSA) is 49.0 Å². The van der Waals surface area contributed by atoms with Crippen molar-refractivity contribution < 1.29 is 0 Å². The Kier molecular flexibility index (Phi) is 2.52. The summed E-state index contributed by atoms with van der Waals surface area (Å²) < 4.78 is 0. The molecule has 76 valence electrons. The summed E-state index contributed by atoms with van der Waals surface area (Å²) in [5, 5.41) is 0. The van der Waals surface area contributed by atoms with Crippen molar-refractivity contribution in [2.45, 2.75) is 19.8 Å². The second kappa shape index (κ2) is 3.82. The van der Waals surface area contributed by atoms with Gasteiger partial charge in [0.2, 0.25) is 0 Å². The molecule has 1 heterocycles. The first kappa shape index (κ1) is 9.24. The molecule has 0 unspecified atom stereocenters. The first-order valence-corrected chi connectivity index (χ1v) is 5.09. The first-order valence-electron chi connectivity index (χ1n) is 5.09. The van der Waals surface area contributed by atoms with Crippen LogP contribution in [0.1, 0.15) is 19.8 Å². The van der Waals surface area contributed by atoms with Gasteiger partial charge in [0.05, 0.1) is 6.33 Å². The Morgan fingerprint density at radius 3 is 3.00 bits per heavy atom. The molecular weight excluding hydrogens is 178 g/mol. The van der Waals surface area contributed by atoms with E-state index < -0.39 is 0 Å². The number of nitrogens with one attached hydrogen (secondary N) is 1. The molecule has 2 rings (SSSR count). The highest BCUT2D eigenvalue weighted by molar-refractivity contribution is 5.36. The summed E-state index contributed by atoms with van der Waals surface area (Å²) in [5.74, 6) is 1.61. The van der Waals surface area contributed by atoms with Gasteiger partial charge >= 0.3 is 0 Å². The van der Waals surface area contributed by atoms with Crippen LogP contribution in [-0.4, -0.2) is 23.1 Å². The molecular formula is C10H15N3O. The van der Waals surface area contributed by atoms with Crippen LogP contribution in [0.25, 0.3) is 0 Å². The highest BCUT2D eigenvalue weighted by atomic mass is 16.1. The van der Waals surface area contributed by atoms with Crippen LogP contribution >= 0.6 is 0 Å². The fourth-order valence-electron chi connectivity index (χ4n) is 1.53. The lowest BCUT2D eigenvalue weighted by atomic mass is 10.3. The van der Waals surface area contributed by atoms with E-state index in [-0.39, 0.29) is 5.56 Å². The van der Waals surface area contributed by atoms with E-state index in [0.29, 0.717) is 0 Å². The highest BCUT2D eigenvalue weighted by Crippen LogP contribution is 2.30. The van der Waals surface area contributed by atoms with Crippen molar-refractivity contribution in [2.75, 3.05) is 18.0 Å². The van der Waals surface area contributed by atoms with E-state index in [1.807, 2.05) is 0 Å². The third kappa shape index (κ3) is 2.13. The maximum atomic E-state index is 11.1. The van der Waals surface area contributed by atoms with Gasteiger partial charge in [0, 0.05) is 19.2 Å². The number of aromatic amines is 1. The lowest BCUT2D eigenvalue weighted by Gasteiger charge is -2.20. The number of rotatable bonds is 4. The van der Waals surface area contributed by atoms with Gasteiger partial charge in [-0.15, -0.1) is 0 Å². The summed E-state index contributed by atoms with van der Waals surface area (Å²) in [7, 11) is 0. The summed E-state index contributed by atoms with van der Waals surface area (Å²) in [4.78, 5) is 19.9.